The van der Waals surface area contributed by atoms with Gasteiger partial charge in [-0.25, -0.2) is 9.97 Å². The van der Waals surface area contributed by atoms with Gasteiger partial charge in [0, 0.05) is 6.07 Å². The summed E-state index contributed by atoms with van der Waals surface area (Å²) >= 11 is 0. The molecule has 2 N–H and O–H groups in total. The zero-order valence-corrected chi connectivity index (χ0v) is 12.9. The van der Waals surface area contributed by atoms with Gasteiger partial charge in [0.05, 0.1) is 17.5 Å². The van der Waals surface area contributed by atoms with Crippen LogP contribution in [0.1, 0.15) is 12.8 Å². The Morgan fingerprint density at radius 3 is 2.82 bits per heavy atom. The molecule has 0 aliphatic carbocycles. The Hall–Kier alpha value is -1.92. The van der Waals surface area contributed by atoms with Crippen molar-refractivity contribution >= 4 is 10.9 Å². The van der Waals surface area contributed by atoms with Gasteiger partial charge >= 0.3 is 0 Å². The molecule has 118 valence electrons. The molecule has 2 aromatic rings. The summed E-state index contributed by atoms with van der Waals surface area (Å²) in [6, 6.07) is 5.78. The van der Waals surface area contributed by atoms with E-state index in [1.165, 1.54) is 19.2 Å². The molecule has 1 fully saturated rings. The Morgan fingerprint density at radius 2 is 2.05 bits per heavy atom. The van der Waals surface area contributed by atoms with Crippen molar-refractivity contribution in [3.8, 4) is 11.6 Å². The Kier molecular flexibility index (Phi) is 4.70. The second-order valence-corrected chi connectivity index (χ2v) is 5.73. The summed E-state index contributed by atoms with van der Waals surface area (Å²) in [4.78, 5) is 10.7. The minimum Gasteiger partial charge on any atom is -0.493 e. The molecule has 22 heavy (non-hydrogen) atoms. The molecule has 0 amide bonds. The number of fused-ring (bicyclic) bond motifs is 1. The molecule has 0 bridgehead atoms. The number of nitrogens with two attached hydrogens (primary N) is 1. The van der Waals surface area contributed by atoms with Gasteiger partial charge in [-0.05, 0) is 51.0 Å². The van der Waals surface area contributed by atoms with Crippen LogP contribution in [0.15, 0.2) is 24.5 Å². The molecule has 2 heterocycles. The van der Waals surface area contributed by atoms with E-state index in [1.54, 1.807) is 0 Å². The molecule has 0 saturated carbocycles. The largest absolute Gasteiger partial charge is 0.493 e. The maximum atomic E-state index is 5.94. The number of hydrogen-bond donors (Lipinski definition) is 1. The Bertz CT molecular complexity index is 627. The van der Waals surface area contributed by atoms with Gasteiger partial charge in [0.1, 0.15) is 18.8 Å². The lowest BCUT2D eigenvalue weighted by molar-refractivity contribution is 0.160. The molecular formula is C16H22N4O2. The fourth-order valence-electron chi connectivity index (χ4n) is 2.74. The van der Waals surface area contributed by atoms with E-state index in [0.717, 1.165) is 36.3 Å². The second kappa shape index (κ2) is 6.89. The molecule has 0 radical (unpaired) electrons. The summed E-state index contributed by atoms with van der Waals surface area (Å²) in [7, 11) is 2.17. The van der Waals surface area contributed by atoms with Crippen LogP contribution in [-0.4, -0.2) is 48.3 Å². The summed E-state index contributed by atoms with van der Waals surface area (Å²) in [5.74, 6) is 1.98. The summed E-state index contributed by atoms with van der Waals surface area (Å²) in [5, 5.41) is 0.847. The fraction of sp³-hybridized carbons (Fsp3) is 0.500. The molecule has 6 heteroatoms. The van der Waals surface area contributed by atoms with Crippen LogP contribution in [0, 0.1) is 5.92 Å². The molecule has 1 aromatic carbocycles. The number of benzene rings is 1. The summed E-state index contributed by atoms with van der Waals surface area (Å²) in [5.41, 5.74) is 6.22. The van der Waals surface area contributed by atoms with Crippen molar-refractivity contribution in [2.45, 2.75) is 12.8 Å². The second-order valence-electron chi connectivity index (χ2n) is 5.73. The van der Waals surface area contributed by atoms with Gasteiger partial charge in [0.25, 0.3) is 0 Å². The normalized spacial score (nSPS) is 16.8. The number of hydrogen-bond acceptors (Lipinski definition) is 6. The molecule has 1 aliphatic heterocycles. The van der Waals surface area contributed by atoms with Crippen LogP contribution in [0.4, 0.5) is 0 Å². The van der Waals surface area contributed by atoms with E-state index in [9.17, 15) is 0 Å². The highest BCUT2D eigenvalue weighted by molar-refractivity contribution is 5.84. The van der Waals surface area contributed by atoms with Crippen LogP contribution in [0.25, 0.3) is 10.9 Å². The number of rotatable bonds is 5. The predicted octanol–water partition coefficient (Wildman–Crippen LogP) is 1.65. The minimum absolute atomic E-state index is 0.0977. The molecule has 1 aliphatic rings. The lowest BCUT2D eigenvalue weighted by Gasteiger charge is -2.28. The van der Waals surface area contributed by atoms with Gasteiger partial charge in [-0.1, -0.05) is 0 Å². The van der Waals surface area contributed by atoms with Crippen molar-refractivity contribution in [1.29, 1.82) is 0 Å². The zero-order valence-electron chi connectivity index (χ0n) is 12.9. The van der Waals surface area contributed by atoms with E-state index in [2.05, 4.69) is 21.9 Å². The van der Waals surface area contributed by atoms with Crippen LogP contribution >= 0.6 is 0 Å². The topological polar surface area (TPSA) is 73.5 Å². The van der Waals surface area contributed by atoms with Gasteiger partial charge in [-0.3, -0.25) is 5.73 Å². The van der Waals surface area contributed by atoms with Gasteiger partial charge < -0.3 is 14.4 Å². The average molecular weight is 302 g/mol. The standard InChI is InChI=1S/C16H22N4O2/c1-20-6-4-12(5-7-20)9-21-13-2-3-14-15(8-13)18-11-19-16(14)22-10-17/h2-3,8,11-12H,4-7,9-10,17H2,1H3. The summed E-state index contributed by atoms with van der Waals surface area (Å²) in [6.07, 6.45) is 3.87. The van der Waals surface area contributed by atoms with E-state index in [0.29, 0.717) is 11.8 Å². The van der Waals surface area contributed by atoms with Crippen LogP contribution in [-0.2, 0) is 0 Å². The van der Waals surface area contributed by atoms with Crippen molar-refractivity contribution < 1.29 is 9.47 Å². The van der Waals surface area contributed by atoms with Gasteiger partial charge in [-0.15, -0.1) is 0 Å². The molecular weight excluding hydrogens is 280 g/mol. The van der Waals surface area contributed by atoms with E-state index in [4.69, 9.17) is 15.2 Å². The number of piperidine rings is 1. The first kappa shape index (κ1) is 15.0. The van der Waals surface area contributed by atoms with Crippen LogP contribution in [0.3, 0.4) is 0 Å². The van der Waals surface area contributed by atoms with Crippen LogP contribution in [0.2, 0.25) is 0 Å². The molecule has 1 aromatic heterocycles. The lowest BCUT2D eigenvalue weighted by Crippen LogP contribution is -2.32. The lowest BCUT2D eigenvalue weighted by atomic mass is 9.98. The highest BCUT2D eigenvalue weighted by atomic mass is 16.5. The van der Waals surface area contributed by atoms with E-state index >= 15 is 0 Å². The first-order valence-electron chi connectivity index (χ1n) is 7.65. The number of ether oxygens (including phenoxy) is 2. The minimum atomic E-state index is 0.0977. The number of likely N-dealkylation sites (tertiary alicyclic amines) is 1. The third-order valence-corrected chi connectivity index (χ3v) is 4.12. The Balaban J connectivity index is 1.67. The molecule has 1 saturated heterocycles. The predicted molar refractivity (Wildman–Crippen MR) is 84.9 cm³/mol. The monoisotopic (exact) mass is 302 g/mol. The van der Waals surface area contributed by atoms with E-state index in [1.807, 2.05) is 18.2 Å². The van der Waals surface area contributed by atoms with Crippen molar-refractivity contribution in [2.75, 3.05) is 33.5 Å². The van der Waals surface area contributed by atoms with Crippen LogP contribution < -0.4 is 15.2 Å². The van der Waals surface area contributed by atoms with Crippen LogP contribution in [0.5, 0.6) is 11.6 Å². The van der Waals surface area contributed by atoms with Gasteiger partial charge in [-0.2, -0.15) is 0 Å². The maximum absolute atomic E-state index is 5.94. The van der Waals surface area contributed by atoms with Crippen molar-refractivity contribution in [2.24, 2.45) is 11.7 Å². The van der Waals surface area contributed by atoms with Crippen molar-refractivity contribution in [3.05, 3.63) is 24.5 Å². The molecule has 0 unspecified atom stereocenters. The third-order valence-electron chi connectivity index (χ3n) is 4.12. The SMILES string of the molecule is CN1CCC(COc2ccc3c(OCN)ncnc3c2)CC1. The van der Waals surface area contributed by atoms with Gasteiger partial charge in [0.2, 0.25) is 5.88 Å². The van der Waals surface area contributed by atoms with E-state index in [-0.39, 0.29) is 6.73 Å². The molecule has 6 nitrogen and oxygen atoms in total. The smallest absolute Gasteiger partial charge is 0.225 e. The Morgan fingerprint density at radius 1 is 1.23 bits per heavy atom. The number of nitrogens with zero attached hydrogens (tertiary/aromatic N) is 3. The number of aromatic nitrogens is 2. The Labute approximate surface area is 130 Å². The first-order chi connectivity index (χ1) is 10.8. The molecule has 0 spiro atoms. The zero-order chi connectivity index (χ0) is 15.4. The highest BCUT2D eigenvalue weighted by Crippen LogP contribution is 2.26. The van der Waals surface area contributed by atoms with Gasteiger partial charge in [0.15, 0.2) is 0 Å². The summed E-state index contributed by atoms with van der Waals surface area (Å²) in [6.45, 7) is 3.16. The first-order valence-corrected chi connectivity index (χ1v) is 7.65. The fourth-order valence-corrected chi connectivity index (χ4v) is 2.74. The third kappa shape index (κ3) is 3.45. The van der Waals surface area contributed by atoms with E-state index < -0.39 is 0 Å². The molecule has 3 rings (SSSR count). The van der Waals surface area contributed by atoms with Crippen molar-refractivity contribution in [3.63, 3.8) is 0 Å². The maximum Gasteiger partial charge on any atom is 0.225 e. The quantitative estimate of drug-likeness (QED) is 0.847. The molecule has 0 atom stereocenters. The van der Waals surface area contributed by atoms with Crippen molar-refractivity contribution in [1.82, 2.24) is 14.9 Å². The average Bonchev–Trinajstić information content (AvgIpc) is 2.55. The highest BCUT2D eigenvalue weighted by Gasteiger charge is 2.17. The summed E-state index contributed by atoms with van der Waals surface area (Å²) < 4.78 is 11.2.